The van der Waals surface area contributed by atoms with E-state index >= 15 is 0 Å². The van der Waals surface area contributed by atoms with Gasteiger partial charge >= 0.3 is 0 Å². The molecule has 0 saturated carbocycles. The number of amides is 1. The van der Waals surface area contributed by atoms with Gasteiger partial charge in [-0.25, -0.2) is 14.6 Å². The molecule has 0 aliphatic rings. The lowest BCUT2D eigenvalue weighted by Crippen LogP contribution is -2.32. The van der Waals surface area contributed by atoms with E-state index in [9.17, 15) is 9.59 Å². The molecule has 1 aromatic carbocycles. The number of carbonyl (C=O) groups is 2. The van der Waals surface area contributed by atoms with Crippen molar-refractivity contribution >= 4 is 40.6 Å². The Morgan fingerprint density at radius 1 is 1.23 bits per heavy atom. The molecule has 0 bridgehead atoms. The molecule has 12 heteroatoms. The van der Waals surface area contributed by atoms with Gasteiger partial charge in [0.05, 0.1) is 23.6 Å². The van der Waals surface area contributed by atoms with E-state index in [2.05, 4.69) is 35.9 Å². The number of hydrogen-bond donors (Lipinski definition) is 3. The van der Waals surface area contributed by atoms with Crippen molar-refractivity contribution in [2.24, 2.45) is 10.7 Å². The number of aliphatic imine (C=N–C) groups is 1. The molecule has 1 atom stereocenters. The van der Waals surface area contributed by atoms with Crippen molar-refractivity contribution in [3.63, 3.8) is 0 Å². The third kappa shape index (κ3) is 5.38. The van der Waals surface area contributed by atoms with Crippen LogP contribution in [0, 0.1) is 0 Å². The highest BCUT2D eigenvalue weighted by atomic mass is 16.6. The van der Waals surface area contributed by atoms with Crippen LogP contribution >= 0.6 is 0 Å². The summed E-state index contributed by atoms with van der Waals surface area (Å²) in [7, 11) is 1.71. The Labute approximate surface area is 200 Å². The van der Waals surface area contributed by atoms with Crippen molar-refractivity contribution < 1.29 is 14.2 Å². The number of nitrogens with one attached hydrogen (secondary N) is 2. The van der Waals surface area contributed by atoms with Crippen LogP contribution in [-0.2, 0) is 11.3 Å². The highest BCUT2D eigenvalue weighted by molar-refractivity contribution is 5.98. The normalized spacial score (nSPS) is 12.2. The Hall–Kier alpha value is -4.45. The minimum absolute atomic E-state index is 0.0160. The maximum Gasteiger partial charge on any atom is 0.242 e. The fraction of sp³-hybridized carbons (Fsp3) is 0.261. The zero-order chi connectivity index (χ0) is 24.8. The Morgan fingerprint density at radius 2 is 2.06 bits per heavy atom. The number of hydrogen-bond acceptors (Lipinski definition) is 10. The molecule has 0 aliphatic carbocycles. The topological polar surface area (TPSA) is 166 Å². The van der Waals surface area contributed by atoms with Gasteiger partial charge in [0.2, 0.25) is 11.7 Å². The molecule has 4 N–H and O–H groups in total. The van der Waals surface area contributed by atoms with Crippen molar-refractivity contribution in [2.45, 2.75) is 25.9 Å². The first-order chi connectivity index (χ1) is 17.0. The average molecular weight is 476 g/mol. The lowest BCUT2D eigenvalue weighted by Gasteiger charge is -2.09. The van der Waals surface area contributed by atoms with Gasteiger partial charge in [-0.1, -0.05) is 12.1 Å². The number of rotatable bonds is 10. The van der Waals surface area contributed by atoms with Gasteiger partial charge in [0, 0.05) is 31.6 Å². The molecule has 3 heterocycles. The lowest BCUT2D eigenvalue weighted by molar-refractivity contribution is -0.117. The molecule has 3 aromatic heterocycles. The Morgan fingerprint density at radius 3 is 2.80 bits per heavy atom. The van der Waals surface area contributed by atoms with Crippen LogP contribution in [0.25, 0.3) is 22.6 Å². The summed E-state index contributed by atoms with van der Waals surface area (Å²) in [5, 5.41) is 13.7. The lowest BCUT2D eigenvalue weighted by atomic mass is 10.2. The first-order valence-electron chi connectivity index (χ1n) is 11.0. The number of Topliss-reactive ketones (excluding diaryl/α,β-unsaturated/α-hetero) is 1. The van der Waals surface area contributed by atoms with Crippen LogP contribution < -0.4 is 16.4 Å². The maximum absolute atomic E-state index is 13.2. The van der Waals surface area contributed by atoms with E-state index < -0.39 is 6.04 Å². The number of pyridine rings is 1. The van der Waals surface area contributed by atoms with Crippen molar-refractivity contribution in [3.05, 3.63) is 48.2 Å². The number of anilines is 2. The average Bonchev–Trinajstić information content (AvgIpc) is 3.46. The van der Waals surface area contributed by atoms with Crippen LogP contribution in [0.3, 0.4) is 0 Å². The predicted octanol–water partition coefficient (Wildman–Crippen LogP) is 2.15. The minimum atomic E-state index is -0.670. The van der Waals surface area contributed by atoms with Gasteiger partial charge in [-0.15, -0.1) is 0 Å². The van der Waals surface area contributed by atoms with Crippen molar-refractivity contribution in [2.75, 3.05) is 24.2 Å². The Bertz CT molecular complexity index is 1360. The van der Waals surface area contributed by atoms with Gasteiger partial charge < -0.3 is 25.9 Å². The SMILES string of the molecule is CN=CCCNc1nonc1-c1nc2ccccc2n1CC(=O)c1ccc(NC(=O)[C@H](C)N)nc1. The summed E-state index contributed by atoms with van der Waals surface area (Å²) in [6, 6.07) is 9.97. The van der Waals surface area contributed by atoms with E-state index in [1.54, 1.807) is 36.9 Å². The second kappa shape index (κ2) is 10.7. The number of ketones is 1. The Balaban J connectivity index is 1.61. The number of nitrogens with zero attached hydrogens (tertiary/aromatic N) is 6. The summed E-state index contributed by atoms with van der Waals surface area (Å²) in [4.78, 5) is 37.7. The monoisotopic (exact) mass is 475 g/mol. The molecular weight excluding hydrogens is 450 g/mol. The molecule has 4 aromatic rings. The second-order valence-corrected chi connectivity index (χ2v) is 7.76. The molecule has 0 spiro atoms. The molecule has 1 amide bonds. The van der Waals surface area contributed by atoms with Crippen LogP contribution in [0.2, 0.25) is 0 Å². The van der Waals surface area contributed by atoms with Gasteiger partial charge in [-0.2, -0.15) is 0 Å². The third-order valence-electron chi connectivity index (χ3n) is 5.16. The molecule has 0 aliphatic heterocycles. The van der Waals surface area contributed by atoms with Gasteiger partial charge in [0.1, 0.15) is 5.82 Å². The summed E-state index contributed by atoms with van der Waals surface area (Å²) >= 11 is 0. The number of fused-ring (bicyclic) bond motifs is 1. The predicted molar refractivity (Wildman–Crippen MR) is 131 cm³/mol. The van der Waals surface area contributed by atoms with E-state index in [1.807, 2.05) is 24.3 Å². The quantitative estimate of drug-likeness (QED) is 0.177. The van der Waals surface area contributed by atoms with Crippen LogP contribution in [-0.4, -0.2) is 62.4 Å². The van der Waals surface area contributed by atoms with Crippen molar-refractivity contribution in [1.29, 1.82) is 0 Å². The van der Waals surface area contributed by atoms with Crippen LogP contribution in [0.1, 0.15) is 23.7 Å². The number of imidazole rings is 1. The molecule has 0 radical (unpaired) electrons. The van der Waals surface area contributed by atoms with Crippen LogP contribution in [0.5, 0.6) is 0 Å². The molecule has 0 unspecified atom stereocenters. The van der Waals surface area contributed by atoms with Crippen molar-refractivity contribution in [3.8, 4) is 11.5 Å². The second-order valence-electron chi connectivity index (χ2n) is 7.76. The minimum Gasteiger partial charge on any atom is -0.365 e. The van der Waals surface area contributed by atoms with E-state index in [1.165, 1.54) is 6.20 Å². The summed E-state index contributed by atoms with van der Waals surface area (Å²) in [6.45, 7) is 2.14. The number of nitrogens with two attached hydrogens (primary N) is 1. The first kappa shape index (κ1) is 23.7. The molecule has 0 fully saturated rings. The standard InChI is InChI=1S/C23H25N9O3/c1-14(24)23(34)29-19-9-8-15(12-27-19)18(33)13-32-17-7-4-3-6-16(17)28-22(32)20-21(31-35-30-20)26-11-5-10-25-2/h3-4,6-10,12,14H,5,11,13,24H2,1-2H3,(H,26,31)(H,27,29,34)/t14-/m0/s1. The van der Waals surface area contributed by atoms with Gasteiger partial charge in [-0.3, -0.25) is 9.59 Å². The zero-order valence-electron chi connectivity index (χ0n) is 19.3. The van der Waals surface area contributed by atoms with E-state index in [0.29, 0.717) is 47.2 Å². The molecule has 0 saturated heterocycles. The smallest absolute Gasteiger partial charge is 0.242 e. The zero-order valence-corrected chi connectivity index (χ0v) is 19.3. The summed E-state index contributed by atoms with van der Waals surface area (Å²) in [5.74, 6) is 0.626. The van der Waals surface area contributed by atoms with Gasteiger partial charge in [-0.05, 0) is 47.9 Å². The van der Waals surface area contributed by atoms with E-state index in [4.69, 9.17) is 10.4 Å². The van der Waals surface area contributed by atoms with Crippen LogP contribution in [0.15, 0.2) is 52.2 Å². The number of benzene rings is 1. The molecule has 12 nitrogen and oxygen atoms in total. The number of carbonyl (C=O) groups excluding carboxylic acids is 2. The van der Waals surface area contributed by atoms with E-state index in [-0.39, 0.29) is 18.2 Å². The van der Waals surface area contributed by atoms with E-state index in [0.717, 1.165) is 5.52 Å². The van der Waals surface area contributed by atoms with Crippen molar-refractivity contribution in [1.82, 2.24) is 24.8 Å². The molecule has 4 rings (SSSR count). The van der Waals surface area contributed by atoms with Gasteiger partial charge in [0.15, 0.2) is 17.3 Å². The maximum atomic E-state index is 13.2. The molecule has 35 heavy (non-hydrogen) atoms. The highest BCUT2D eigenvalue weighted by Gasteiger charge is 2.22. The van der Waals surface area contributed by atoms with Gasteiger partial charge in [0.25, 0.3) is 0 Å². The number of aromatic nitrogens is 5. The Kier molecular flexibility index (Phi) is 7.21. The highest BCUT2D eigenvalue weighted by Crippen LogP contribution is 2.28. The number of para-hydroxylation sites is 2. The molecule has 180 valence electrons. The fourth-order valence-electron chi connectivity index (χ4n) is 3.36. The fourth-order valence-corrected chi connectivity index (χ4v) is 3.36. The largest absolute Gasteiger partial charge is 0.365 e. The first-order valence-corrected chi connectivity index (χ1v) is 11.0. The molecular formula is C23H25N9O3. The third-order valence-corrected chi connectivity index (χ3v) is 5.16. The summed E-state index contributed by atoms with van der Waals surface area (Å²) < 4.78 is 6.74. The summed E-state index contributed by atoms with van der Waals surface area (Å²) in [5.41, 5.74) is 7.80. The van der Waals surface area contributed by atoms with Crippen LogP contribution in [0.4, 0.5) is 11.6 Å². The summed E-state index contributed by atoms with van der Waals surface area (Å²) in [6.07, 6.45) is 3.90.